The van der Waals surface area contributed by atoms with Gasteiger partial charge in [-0.25, -0.2) is 4.79 Å². The minimum atomic E-state index is -0.631. The summed E-state index contributed by atoms with van der Waals surface area (Å²) >= 11 is 0. The van der Waals surface area contributed by atoms with E-state index in [1.54, 1.807) is 48.5 Å². The number of benzene rings is 2. The Hall–Kier alpha value is -3.35. The van der Waals surface area contributed by atoms with E-state index in [2.05, 4.69) is 5.32 Å². The van der Waals surface area contributed by atoms with E-state index < -0.39 is 12.0 Å². The smallest absolute Gasteiger partial charge is 0.410 e. The number of nitrogens with two attached hydrogens (primary N) is 1. The fraction of sp³-hybridized carbons (Fsp3) is 0.250. The second-order valence-electron chi connectivity index (χ2n) is 6.36. The first-order chi connectivity index (χ1) is 13.0. The van der Waals surface area contributed by atoms with E-state index in [4.69, 9.17) is 10.5 Å². The first-order valence-electron chi connectivity index (χ1n) is 8.76. The average molecular weight is 367 g/mol. The number of nitrogens with one attached hydrogen (secondary N) is 1. The zero-order chi connectivity index (χ0) is 19.2. The van der Waals surface area contributed by atoms with Crippen molar-refractivity contribution in [2.24, 2.45) is 11.7 Å². The molecular weight excluding hydrogens is 346 g/mol. The number of rotatable bonds is 7. The maximum absolute atomic E-state index is 12.6. The van der Waals surface area contributed by atoms with E-state index in [1.807, 2.05) is 6.07 Å². The molecular formula is C20H21N3O4. The first-order valence-corrected chi connectivity index (χ1v) is 8.76. The average Bonchev–Trinajstić information content (AvgIpc) is 3.48. The summed E-state index contributed by atoms with van der Waals surface area (Å²) in [7, 11) is 0. The van der Waals surface area contributed by atoms with Gasteiger partial charge < -0.3 is 15.8 Å². The van der Waals surface area contributed by atoms with Gasteiger partial charge in [0.05, 0.1) is 0 Å². The molecule has 0 aliphatic heterocycles. The van der Waals surface area contributed by atoms with Gasteiger partial charge >= 0.3 is 6.09 Å². The third-order valence-electron chi connectivity index (χ3n) is 4.12. The van der Waals surface area contributed by atoms with Crippen molar-refractivity contribution >= 4 is 29.3 Å². The van der Waals surface area contributed by atoms with Crippen molar-refractivity contribution in [3.8, 4) is 5.75 Å². The molecule has 0 heterocycles. The lowest BCUT2D eigenvalue weighted by atomic mass is 10.2. The molecule has 0 saturated heterocycles. The van der Waals surface area contributed by atoms with Crippen molar-refractivity contribution < 1.29 is 19.1 Å². The Bertz CT molecular complexity index is 834. The van der Waals surface area contributed by atoms with Crippen LogP contribution in [-0.4, -0.2) is 24.5 Å². The number of hydrogen-bond donors (Lipinski definition) is 2. The molecule has 27 heavy (non-hydrogen) atoms. The standard InChI is InChI=1S/C20H21N3O4/c21-18(24)11-12-23(16-6-2-1-3-7-16)20(26)27-17-8-4-5-15(13-17)22-19(25)14-9-10-14/h1-8,13-14H,9-12H2,(H2,21,24)(H,22,25). The predicted octanol–water partition coefficient (Wildman–Crippen LogP) is 2.92. The minimum absolute atomic E-state index is 0.0154. The highest BCUT2D eigenvalue weighted by Crippen LogP contribution is 2.30. The van der Waals surface area contributed by atoms with E-state index in [0.717, 1.165) is 12.8 Å². The summed E-state index contributed by atoms with van der Waals surface area (Å²) in [6.45, 7) is 0.107. The minimum Gasteiger partial charge on any atom is -0.410 e. The number of para-hydroxylation sites is 1. The number of primary amides is 1. The zero-order valence-electron chi connectivity index (χ0n) is 14.8. The third kappa shape index (κ3) is 5.31. The molecule has 1 aliphatic rings. The van der Waals surface area contributed by atoms with Crippen LogP contribution in [0.25, 0.3) is 0 Å². The van der Waals surface area contributed by atoms with Gasteiger partial charge in [0, 0.05) is 36.3 Å². The SMILES string of the molecule is NC(=O)CCN(C(=O)Oc1cccc(NC(=O)C2CC2)c1)c1ccccc1. The third-order valence-corrected chi connectivity index (χ3v) is 4.12. The highest BCUT2D eigenvalue weighted by Gasteiger charge is 2.29. The molecule has 1 saturated carbocycles. The molecule has 1 aliphatic carbocycles. The quantitative estimate of drug-likeness (QED) is 0.785. The largest absolute Gasteiger partial charge is 0.419 e. The molecule has 2 aromatic rings. The van der Waals surface area contributed by atoms with Crippen molar-refractivity contribution in [3.63, 3.8) is 0 Å². The Morgan fingerprint density at radius 2 is 1.81 bits per heavy atom. The summed E-state index contributed by atoms with van der Waals surface area (Å²) in [5.41, 5.74) is 6.38. The Balaban J connectivity index is 1.70. The normalized spacial score (nSPS) is 12.9. The van der Waals surface area contributed by atoms with Crippen molar-refractivity contribution in [1.29, 1.82) is 0 Å². The van der Waals surface area contributed by atoms with Crippen molar-refractivity contribution in [2.75, 3.05) is 16.8 Å². The number of nitrogens with zero attached hydrogens (tertiary/aromatic N) is 1. The van der Waals surface area contributed by atoms with Gasteiger partial charge in [0.1, 0.15) is 5.75 Å². The second-order valence-corrected chi connectivity index (χ2v) is 6.36. The van der Waals surface area contributed by atoms with Gasteiger partial charge in [-0.2, -0.15) is 0 Å². The predicted molar refractivity (Wildman–Crippen MR) is 101 cm³/mol. The molecule has 3 N–H and O–H groups in total. The highest BCUT2D eigenvalue weighted by atomic mass is 16.6. The molecule has 0 unspecified atom stereocenters. The van der Waals surface area contributed by atoms with E-state index in [9.17, 15) is 14.4 Å². The van der Waals surface area contributed by atoms with Crippen LogP contribution >= 0.6 is 0 Å². The zero-order valence-corrected chi connectivity index (χ0v) is 14.8. The lowest BCUT2D eigenvalue weighted by molar-refractivity contribution is -0.118. The maximum atomic E-state index is 12.6. The summed E-state index contributed by atoms with van der Waals surface area (Å²) in [6.07, 6.45) is 1.20. The molecule has 7 heteroatoms. The van der Waals surface area contributed by atoms with E-state index >= 15 is 0 Å². The number of anilines is 2. The summed E-state index contributed by atoms with van der Waals surface area (Å²) < 4.78 is 5.45. The monoisotopic (exact) mass is 367 g/mol. The summed E-state index contributed by atoms with van der Waals surface area (Å²) in [4.78, 5) is 37.0. The number of ether oxygens (including phenoxy) is 1. The van der Waals surface area contributed by atoms with Crippen LogP contribution in [0, 0.1) is 5.92 Å². The Morgan fingerprint density at radius 3 is 2.48 bits per heavy atom. The molecule has 0 spiro atoms. The Morgan fingerprint density at radius 1 is 1.07 bits per heavy atom. The number of hydrogen-bond acceptors (Lipinski definition) is 4. The van der Waals surface area contributed by atoms with Crippen molar-refractivity contribution in [1.82, 2.24) is 0 Å². The van der Waals surface area contributed by atoms with E-state index in [0.29, 0.717) is 17.1 Å². The molecule has 0 bridgehead atoms. The maximum Gasteiger partial charge on any atom is 0.419 e. The number of carbonyl (C=O) groups excluding carboxylic acids is 3. The van der Waals surface area contributed by atoms with Crippen LogP contribution in [0.4, 0.5) is 16.2 Å². The van der Waals surface area contributed by atoms with Gasteiger partial charge in [0.25, 0.3) is 0 Å². The molecule has 2 aromatic carbocycles. The lowest BCUT2D eigenvalue weighted by Gasteiger charge is -2.21. The highest BCUT2D eigenvalue weighted by molar-refractivity contribution is 5.94. The summed E-state index contributed by atoms with van der Waals surface area (Å²) in [5, 5.41) is 2.81. The fourth-order valence-electron chi connectivity index (χ4n) is 2.54. The lowest BCUT2D eigenvalue weighted by Crippen LogP contribution is -2.36. The molecule has 7 nitrogen and oxygen atoms in total. The molecule has 0 radical (unpaired) electrons. The molecule has 3 rings (SSSR count). The Labute approximate surface area is 157 Å². The van der Waals surface area contributed by atoms with Crippen molar-refractivity contribution in [2.45, 2.75) is 19.3 Å². The van der Waals surface area contributed by atoms with Crippen LogP contribution in [0.2, 0.25) is 0 Å². The van der Waals surface area contributed by atoms with Gasteiger partial charge in [0.15, 0.2) is 0 Å². The molecule has 0 aromatic heterocycles. The second kappa shape index (κ2) is 8.35. The van der Waals surface area contributed by atoms with Crippen LogP contribution in [0.3, 0.4) is 0 Å². The van der Waals surface area contributed by atoms with Gasteiger partial charge in [-0.15, -0.1) is 0 Å². The van der Waals surface area contributed by atoms with Crippen molar-refractivity contribution in [3.05, 3.63) is 54.6 Å². The van der Waals surface area contributed by atoms with Gasteiger partial charge in [0.2, 0.25) is 11.8 Å². The molecule has 140 valence electrons. The van der Waals surface area contributed by atoms with Crippen LogP contribution in [0.5, 0.6) is 5.75 Å². The number of carbonyl (C=O) groups is 3. The molecule has 0 atom stereocenters. The van der Waals surface area contributed by atoms with Crippen LogP contribution < -0.4 is 20.7 Å². The first kappa shape index (κ1) is 18.4. The van der Waals surface area contributed by atoms with Crippen LogP contribution in [0.15, 0.2) is 54.6 Å². The van der Waals surface area contributed by atoms with E-state index in [1.165, 1.54) is 4.90 Å². The summed E-state index contributed by atoms with van der Waals surface area (Å²) in [5.74, 6) is -0.147. The fourth-order valence-corrected chi connectivity index (χ4v) is 2.54. The Kier molecular flexibility index (Phi) is 5.71. The van der Waals surface area contributed by atoms with E-state index in [-0.39, 0.29) is 24.8 Å². The van der Waals surface area contributed by atoms with Gasteiger partial charge in [-0.3, -0.25) is 14.5 Å². The number of amides is 3. The van der Waals surface area contributed by atoms with Crippen LogP contribution in [-0.2, 0) is 9.59 Å². The van der Waals surface area contributed by atoms with Gasteiger partial charge in [-0.1, -0.05) is 24.3 Å². The summed E-state index contributed by atoms with van der Waals surface area (Å²) in [6, 6.07) is 15.5. The molecule has 3 amide bonds. The van der Waals surface area contributed by atoms with Gasteiger partial charge in [-0.05, 0) is 37.1 Å². The molecule has 1 fully saturated rings. The van der Waals surface area contributed by atoms with Crippen LogP contribution in [0.1, 0.15) is 19.3 Å². The topological polar surface area (TPSA) is 102 Å².